The van der Waals surface area contributed by atoms with Gasteiger partial charge in [-0.15, -0.1) is 22.7 Å². The van der Waals surface area contributed by atoms with Crippen LogP contribution >= 0.6 is 22.7 Å². The number of rotatable bonds is 4. The maximum absolute atomic E-state index is 14.1. The van der Waals surface area contributed by atoms with Crippen LogP contribution in [-0.4, -0.2) is 23.0 Å². The van der Waals surface area contributed by atoms with Gasteiger partial charge in [-0.1, -0.05) is 6.07 Å². The Labute approximate surface area is 139 Å². The van der Waals surface area contributed by atoms with Gasteiger partial charge in [0.2, 0.25) is 0 Å². The van der Waals surface area contributed by atoms with E-state index in [4.69, 9.17) is 4.74 Å². The van der Waals surface area contributed by atoms with E-state index in [1.807, 2.05) is 0 Å². The minimum absolute atomic E-state index is 0.261. The number of hydrogen-bond donors (Lipinski definition) is 1. The molecule has 2 aromatic heterocycles. The van der Waals surface area contributed by atoms with Crippen LogP contribution in [0.4, 0.5) is 9.52 Å². The summed E-state index contributed by atoms with van der Waals surface area (Å²) in [6.45, 7) is 1.71. The van der Waals surface area contributed by atoms with E-state index in [0.717, 1.165) is 11.3 Å². The molecule has 8 heteroatoms. The summed E-state index contributed by atoms with van der Waals surface area (Å²) in [7, 11) is 1.47. The number of ether oxygens (including phenoxy) is 1. The molecule has 0 spiro atoms. The van der Waals surface area contributed by atoms with E-state index in [2.05, 4.69) is 15.3 Å². The van der Waals surface area contributed by atoms with Crippen LogP contribution in [0.2, 0.25) is 0 Å². The van der Waals surface area contributed by atoms with Crippen LogP contribution in [0.25, 0.3) is 10.6 Å². The lowest BCUT2D eigenvalue weighted by Crippen LogP contribution is -2.11. The Morgan fingerprint density at radius 2 is 2.22 bits per heavy atom. The van der Waals surface area contributed by atoms with Crippen LogP contribution < -0.4 is 10.1 Å². The van der Waals surface area contributed by atoms with Crippen molar-refractivity contribution in [1.82, 2.24) is 9.97 Å². The van der Waals surface area contributed by atoms with E-state index in [0.29, 0.717) is 26.5 Å². The number of benzene rings is 1. The zero-order valence-corrected chi connectivity index (χ0v) is 13.9. The third kappa shape index (κ3) is 3.08. The molecule has 0 aliphatic rings. The van der Waals surface area contributed by atoms with Crippen molar-refractivity contribution in [3.8, 4) is 16.3 Å². The Bertz CT molecular complexity index is 847. The van der Waals surface area contributed by atoms with Crippen LogP contribution in [-0.2, 0) is 0 Å². The first kappa shape index (κ1) is 15.6. The highest BCUT2D eigenvalue weighted by atomic mass is 32.1. The van der Waals surface area contributed by atoms with E-state index in [9.17, 15) is 9.18 Å². The molecule has 1 amide bonds. The summed E-state index contributed by atoms with van der Waals surface area (Å²) in [5, 5.41) is 5.38. The summed E-state index contributed by atoms with van der Waals surface area (Å²) in [5.41, 5.74) is 0.792. The van der Waals surface area contributed by atoms with Gasteiger partial charge in [0.1, 0.15) is 21.5 Å². The van der Waals surface area contributed by atoms with Crippen molar-refractivity contribution in [3.63, 3.8) is 0 Å². The van der Waals surface area contributed by atoms with Gasteiger partial charge in [0.05, 0.1) is 18.4 Å². The molecule has 0 saturated heterocycles. The molecular weight excluding hydrogens is 337 g/mol. The summed E-state index contributed by atoms with van der Waals surface area (Å²) in [6.07, 6.45) is 1.61. The summed E-state index contributed by atoms with van der Waals surface area (Å²) in [6, 6.07) is 4.56. The van der Waals surface area contributed by atoms with Crippen molar-refractivity contribution in [1.29, 1.82) is 0 Å². The Hall–Kier alpha value is -2.32. The molecule has 0 atom stereocenters. The lowest BCUT2D eigenvalue weighted by atomic mass is 10.2. The number of aryl methyl sites for hydroxylation is 1. The number of carbonyl (C=O) groups excluding carboxylic acids is 1. The molecule has 1 aromatic carbocycles. The van der Waals surface area contributed by atoms with Crippen molar-refractivity contribution >= 4 is 33.7 Å². The van der Waals surface area contributed by atoms with Gasteiger partial charge >= 0.3 is 0 Å². The van der Waals surface area contributed by atoms with Crippen molar-refractivity contribution < 1.29 is 13.9 Å². The van der Waals surface area contributed by atoms with Crippen LogP contribution in [0.1, 0.15) is 15.4 Å². The summed E-state index contributed by atoms with van der Waals surface area (Å²) >= 11 is 2.44. The Morgan fingerprint density at radius 1 is 1.39 bits per heavy atom. The number of carbonyl (C=O) groups is 1. The molecule has 0 unspecified atom stereocenters. The fraction of sp³-hybridized carbons (Fsp3) is 0.133. The average Bonchev–Trinajstić information content (AvgIpc) is 3.16. The number of halogens is 1. The van der Waals surface area contributed by atoms with Gasteiger partial charge in [-0.25, -0.2) is 14.4 Å². The Balaban J connectivity index is 1.97. The minimum atomic E-state index is -0.440. The molecule has 0 fully saturated rings. The van der Waals surface area contributed by atoms with Gasteiger partial charge in [-0.3, -0.25) is 10.1 Å². The van der Waals surface area contributed by atoms with Gasteiger partial charge in [-0.05, 0) is 19.1 Å². The van der Waals surface area contributed by atoms with Crippen molar-refractivity contribution in [3.05, 3.63) is 46.2 Å². The summed E-state index contributed by atoms with van der Waals surface area (Å²) in [4.78, 5) is 21.1. The smallest absolute Gasteiger partial charge is 0.269 e. The summed E-state index contributed by atoms with van der Waals surface area (Å²) < 4.78 is 19.3. The van der Waals surface area contributed by atoms with Gasteiger partial charge in [-0.2, -0.15) is 0 Å². The zero-order chi connectivity index (χ0) is 16.4. The molecule has 0 aliphatic heterocycles. The number of aromatic nitrogens is 2. The second kappa shape index (κ2) is 6.43. The van der Waals surface area contributed by atoms with E-state index >= 15 is 0 Å². The van der Waals surface area contributed by atoms with E-state index in [1.165, 1.54) is 24.5 Å². The van der Waals surface area contributed by atoms with E-state index in [1.54, 1.807) is 30.6 Å². The molecule has 3 rings (SSSR count). The largest absolute Gasteiger partial charge is 0.496 e. The molecule has 2 heterocycles. The van der Waals surface area contributed by atoms with Crippen LogP contribution in [0, 0.1) is 12.7 Å². The van der Waals surface area contributed by atoms with Crippen LogP contribution in [0.5, 0.6) is 5.75 Å². The second-order valence-corrected chi connectivity index (χ2v) is 6.44. The zero-order valence-electron chi connectivity index (χ0n) is 12.3. The van der Waals surface area contributed by atoms with Crippen molar-refractivity contribution in [2.24, 2.45) is 0 Å². The number of hydrogen-bond acceptors (Lipinski definition) is 6. The van der Waals surface area contributed by atoms with Crippen molar-refractivity contribution in [2.75, 3.05) is 12.4 Å². The first-order valence-corrected chi connectivity index (χ1v) is 8.31. The monoisotopic (exact) mass is 349 g/mol. The predicted molar refractivity (Wildman–Crippen MR) is 88.9 cm³/mol. The van der Waals surface area contributed by atoms with E-state index in [-0.39, 0.29) is 11.5 Å². The minimum Gasteiger partial charge on any atom is -0.496 e. The maximum atomic E-state index is 14.1. The van der Waals surface area contributed by atoms with Gasteiger partial charge in [0.15, 0.2) is 5.13 Å². The highest BCUT2D eigenvalue weighted by Gasteiger charge is 2.21. The number of nitrogens with zero attached hydrogens (tertiary/aromatic N) is 2. The molecule has 5 nitrogen and oxygen atoms in total. The van der Waals surface area contributed by atoms with Gasteiger partial charge in [0, 0.05) is 11.6 Å². The molecule has 0 saturated carbocycles. The summed E-state index contributed by atoms with van der Waals surface area (Å²) in [5.74, 6) is -0.368. The molecule has 1 N–H and O–H groups in total. The number of amides is 1. The predicted octanol–water partition coefficient (Wildman–Crippen LogP) is 3.98. The van der Waals surface area contributed by atoms with Crippen LogP contribution in [0.15, 0.2) is 29.8 Å². The number of anilines is 1. The highest BCUT2D eigenvalue weighted by Crippen LogP contribution is 2.36. The third-order valence-corrected chi connectivity index (χ3v) is 4.93. The molecule has 3 aromatic rings. The highest BCUT2D eigenvalue weighted by molar-refractivity contribution is 7.17. The Kier molecular flexibility index (Phi) is 4.35. The molecule has 23 heavy (non-hydrogen) atoms. The number of thiazole rings is 2. The van der Waals surface area contributed by atoms with Crippen LogP contribution in [0.3, 0.4) is 0 Å². The van der Waals surface area contributed by atoms with E-state index < -0.39 is 5.82 Å². The number of methoxy groups -OCH3 is 1. The topological polar surface area (TPSA) is 64.1 Å². The fourth-order valence-corrected chi connectivity index (χ4v) is 3.57. The van der Waals surface area contributed by atoms with Gasteiger partial charge < -0.3 is 4.74 Å². The lowest BCUT2D eigenvalue weighted by Gasteiger charge is -2.06. The SMILES string of the molecule is COc1cccc(F)c1-c1nc(C)c(C(=O)Nc2nccs2)s1. The first-order chi connectivity index (χ1) is 11.1. The third-order valence-electron chi connectivity index (χ3n) is 3.06. The first-order valence-electron chi connectivity index (χ1n) is 6.61. The number of nitrogens with one attached hydrogen (secondary N) is 1. The van der Waals surface area contributed by atoms with Crippen molar-refractivity contribution in [2.45, 2.75) is 6.92 Å². The molecule has 118 valence electrons. The lowest BCUT2D eigenvalue weighted by molar-refractivity contribution is 0.103. The Morgan fingerprint density at radius 3 is 2.91 bits per heavy atom. The fourth-order valence-electron chi connectivity index (χ4n) is 2.04. The normalized spacial score (nSPS) is 10.6. The average molecular weight is 349 g/mol. The molecule has 0 bridgehead atoms. The maximum Gasteiger partial charge on any atom is 0.269 e. The molecule has 0 radical (unpaired) electrons. The standard InChI is InChI=1S/C15H12FN3O2S2/c1-8-12(13(20)19-15-17-6-7-22-15)23-14(18-8)11-9(16)4-3-5-10(11)21-2/h3-7H,1-2H3,(H,17,19,20). The second-order valence-electron chi connectivity index (χ2n) is 4.54. The molecule has 0 aliphatic carbocycles. The molecular formula is C15H12FN3O2S2. The van der Waals surface area contributed by atoms with Gasteiger partial charge in [0.25, 0.3) is 5.91 Å². The quantitative estimate of drug-likeness (QED) is 0.774.